The lowest BCUT2D eigenvalue weighted by Gasteiger charge is -2.28. The van der Waals surface area contributed by atoms with Gasteiger partial charge in [-0.25, -0.2) is 10.5 Å². The third-order valence-corrected chi connectivity index (χ3v) is 17.1. The molecule has 2 unspecified atom stereocenters. The highest BCUT2D eigenvalue weighted by atomic mass is 32.2. The van der Waals surface area contributed by atoms with Crippen molar-refractivity contribution in [3.8, 4) is 0 Å². The fourth-order valence-corrected chi connectivity index (χ4v) is 11.8. The van der Waals surface area contributed by atoms with Crippen LogP contribution in [0.15, 0.2) is 92.0 Å². The van der Waals surface area contributed by atoms with Gasteiger partial charge in [-0.05, 0) is 92.9 Å². The molecule has 2 atom stereocenters. The fourth-order valence-electron chi connectivity index (χ4n) is 8.49. The number of rotatable bonds is 18. The Morgan fingerprint density at radius 3 is 1.92 bits per heavy atom. The van der Waals surface area contributed by atoms with Crippen molar-refractivity contribution in [2.24, 2.45) is 0 Å². The number of hydrogen-bond donors (Lipinski definition) is 6. The summed E-state index contributed by atoms with van der Waals surface area (Å²) in [6.07, 6.45) is 5.03. The number of allylic oxidation sites excluding steroid dienone is 4. The summed E-state index contributed by atoms with van der Waals surface area (Å²) < 4.78 is 151. The Balaban J connectivity index is 1.58. The highest BCUT2D eigenvalue weighted by Gasteiger charge is 2.47. The zero-order valence-corrected chi connectivity index (χ0v) is 40.2. The second-order valence-electron chi connectivity index (χ2n) is 16.4. The van der Waals surface area contributed by atoms with Crippen LogP contribution in [0.3, 0.4) is 0 Å². The summed E-state index contributed by atoms with van der Waals surface area (Å²) in [5, 5.41) is 24.1. The number of fused-ring (bicyclic) bond motifs is 6. The van der Waals surface area contributed by atoms with E-state index < -0.39 is 71.6 Å². The minimum Gasteiger partial charge on any atom is -0.344 e. The maximum atomic E-state index is 13.0. The summed E-state index contributed by atoms with van der Waals surface area (Å²) in [4.78, 5) is 1.07. The van der Waals surface area contributed by atoms with E-state index in [1.165, 1.54) is 19.9 Å². The van der Waals surface area contributed by atoms with E-state index >= 15 is 0 Å². The summed E-state index contributed by atoms with van der Waals surface area (Å²) in [6, 6.07) is 11.6. The maximum absolute atomic E-state index is 13.0. The normalized spacial score (nSPS) is 18.0. The number of nitrogens with zero attached hydrogens (tertiary/aromatic N) is 2. The topological polar surface area (TPSA) is 301 Å². The van der Waals surface area contributed by atoms with Gasteiger partial charge in [0, 0.05) is 68.0 Å². The molecule has 2 aliphatic heterocycles. The fraction of sp³-hybridized carbons (Fsp3) is 0.359. The number of benzene rings is 4. The largest absolute Gasteiger partial charge is 0.344 e. The molecule has 0 saturated heterocycles. The van der Waals surface area contributed by atoms with Crippen LogP contribution in [0, 0.1) is 0 Å². The SMILES string of the molecule is CC(CCN1/C(=C/C=CC2=[N+](CCC(C)S(=O)(=O)O)c3ccc4cc(S(=O)(=O)O)cc(SOOO)c4c3C2(C)C)C(C)(C)c2c1ccc1cc(SOOO)cc(S(=O)(=O)O)c21)S(=O)(=O)O. The molecule has 20 nitrogen and oxygen atoms in total. The molecule has 0 saturated carbocycles. The van der Waals surface area contributed by atoms with Gasteiger partial charge in [0.2, 0.25) is 5.69 Å². The molecule has 6 rings (SSSR count). The van der Waals surface area contributed by atoms with Crippen LogP contribution in [0.4, 0.5) is 11.4 Å². The summed E-state index contributed by atoms with van der Waals surface area (Å²) in [5.41, 5.74) is 1.06. The van der Waals surface area contributed by atoms with Crippen molar-refractivity contribution in [3.05, 3.63) is 83.6 Å². The molecule has 4 aromatic carbocycles. The summed E-state index contributed by atoms with van der Waals surface area (Å²) in [7, 11) is -18.6. The Labute approximate surface area is 383 Å². The van der Waals surface area contributed by atoms with Crippen LogP contribution in [0.25, 0.3) is 21.5 Å². The zero-order chi connectivity index (χ0) is 48.2. The highest BCUT2D eigenvalue weighted by molar-refractivity contribution is 7.95. The molecule has 354 valence electrons. The van der Waals surface area contributed by atoms with Crippen molar-refractivity contribution in [3.63, 3.8) is 0 Å². The summed E-state index contributed by atoms with van der Waals surface area (Å²) >= 11 is 0.943. The molecule has 26 heteroatoms. The van der Waals surface area contributed by atoms with Gasteiger partial charge in [0.25, 0.3) is 40.5 Å². The van der Waals surface area contributed by atoms with E-state index in [1.54, 1.807) is 67.3 Å². The first-order chi connectivity index (χ1) is 30.0. The van der Waals surface area contributed by atoms with E-state index in [4.69, 9.17) is 14.8 Å². The highest BCUT2D eigenvalue weighted by Crippen LogP contribution is 2.53. The monoisotopic (exact) mass is 1020 g/mol. The molecule has 0 aromatic heterocycles. The van der Waals surface area contributed by atoms with Gasteiger partial charge in [-0.3, -0.25) is 18.2 Å². The number of hydrogen-bond acceptors (Lipinski definition) is 17. The van der Waals surface area contributed by atoms with Crippen LogP contribution >= 0.6 is 24.1 Å². The Morgan fingerprint density at radius 1 is 0.723 bits per heavy atom. The second kappa shape index (κ2) is 18.5. The lowest BCUT2D eigenvalue weighted by molar-refractivity contribution is -0.438. The van der Waals surface area contributed by atoms with E-state index in [0.717, 1.165) is 12.1 Å². The first-order valence-electron chi connectivity index (χ1n) is 19.3. The van der Waals surface area contributed by atoms with Crippen LogP contribution in [0.1, 0.15) is 65.5 Å². The predicted octanol–water partition coefficient (Wildman–Crippen LogP) is 7.29. The van der Waals surface area contributed by atoms with Crippen molar-refractivity contribution in [1.29, 1.82) is 0 Å². The number of anilines is 1. The molecule has 0 radical (unpaired) electrons. The lowest BCUT2D eigenvalue weighted by atomic mass is 9.78. The molecule has 0 fully saturated rings. The van der Waals surface area contributed by atoms with Crippen LogP contribution < -0.4 is 4.90 Å². The van der Waals surface area contributed by atoms with Crippen molar-refractivity contribution in [2.45, 2.75) is 95.3 Å². The zero-order valence-electron chi connectivity index (χ0n) is 35.3. The third kappa shape index (κ3) is 10.2. The van der Waals surface area contributed by atoms with Crippen molar-refractivity contribution in [2.75, 3.05) is 18.0 Å². The minimum absolute atomic E-state index is 0.00412. The quantitative estimate of drug-likeness (QED) is 0.0187. The maximum Gasteiger partial charge on any atom is 0.295 e. The van der Waals surface area contributed by atoms with Crippen LogP contribution in [0.2, 0.25) is 0 Å². The molecular formula is C39H45N2O18S6+. The van der Waals surface area contributed by atoms with Gasteiger partial charge in [0.05, 0.1) is 44.9 Å². The van der Waals surface area contributed by atoms with Crippen LogP contribution in [0.5, 0.6) is 0 Å². The average molecular weight is 1020 g/mol. The molecule has 65 heavy (non-hydrogen) atoms. The minimum atomic E-state index is -4.93. The van der Waals surface area contributed by atoms with Crippen LogP contribution in [-0.2, 0) is 70.0 Å². The molecule has 2 aliphatic rings. The molecule has 0 amide bonds. The van der Waals surface area contributed by atoms with Crippen LogP contribution in [-0.4, -0.2) is 96.3 Å². The lowest BCUT2D eigenvalue weighted by Crippen LogP contribution is -2.30. The first-order valence-corrected chi connectivity index (χ1v) is 26.6. The van der Waals surface area contributed by atoms with Gasteiger partial charge in [-0.15, -0.1) is 8.67 Å². The molecular weight excluding hydrogens is 977 g/mol. The first kappa shape index (κ1) is 50.9. The summed E-state index contributed by atoms with van der Waals surface area (Å²) in [5.74, 6) is 0. The Kier molecular flexibility index (Phi) is 14.5. The molecule has 0 bridgehead atoms. The summed E-state index contributed by atoms with van der Waals surface area (Å²) in [6.45, 7) is 10.0. The second-order valence-corrected chi connectivity index (χ2v) is 24.4. The third-order valence-electron chi connectivity index (χ3n) is 11.7. The van der Waals surface area contributed by atoms with Gasteiger partial charge >= 0.3 is 0 Å². The Hall–Kier alpha value is -3.55. The Bertz CT molecular complexity index is 3130. The smallest absolute Gasteiger partial charge is 0.295 e. The van der Waals surface area contributed by atoms with E-state index in [1.807, 2.05) is 18.4 Å². The Morgan fingerprint density at radius 2 is 1.32 bits per heavy atom. The predicted molar refractivity (Wildman–Crippen MR) is 241 cm³/mol. The molecule has 4 aromatic rings. The van der Waals surface area contributed by atoms with Gasteiger partial charge < -0.3 is 4.90 Å². The van der Waals surface area contributed by atoms with Crippen molar-refractivity contribution >= 4 is 103 Å². The molecule has 2 heterocycles. The molecule has 6 N–H and O–H groups in total. The van der Waals surface area contributed by atoms with E-state index in [-0.39, 0.29) is 41.1 Å². The van der Waals surface area contributed by atoms with Crippen molar-refractivity contribution < 1.29 is 85.7 Å². The molecule has 0 aliphatic carbocycles. The van der Waals surface area contributed by atoms with Gasteiger partial charge in [0.15, 0.2) is 12.3 Å². The van der Waals surface area contributed by atoms with E-state index in [9.17, 15) is 51.9 Å². The average Bonchev–Trinajstić information content (AvgIpc) is 3.55. The standard InChI is InChI=1S/C39H44N2O18S6/c1-22(62(44,45)46)14-16-40-28-13-11-25-19-27(64(50,51)52)21-30(61-59-57-43)34(25)36(28)38(3,4)32(40)8-7-9-33-39(5,6)37-29(41(33)17-15-23(2)63(47,48)49)12-10-24-18-26(60-58-56-42)20-31(35(24)37)65(53,54)55/h7-13,18-23H,14-17H2,1-6H3,(H5-,42,43,44,45,46,47,48,49,50,51,52,53,54,55)/p+1. The van der Waals surface area contributed by atoms with E-state index in [0.29, 0.717) is 74.2 Å². The van der Waals surface area contributed by atoms with E-state index in [2.05, 4.69) is 14.4 Å². The van der Waals surface area contributed by atoms with Gasteiger partial charge in [0.1, 0.15) is 4.90 Å². The molecule has 0 spiro atoms. The van der Waals surface area contributed by atoms with Gasteiger partial charge in [-0.1, -0.05) is 36.1 Å². The van der Waals surface area contributed by atoms with Crippen molar-refractivity contribution in [1.82, 2.24) is 0 Å². The van der Waals surface area contributed by atoms with Gasteiger partial charge in [-0.2, -0.15) is 38.2 Å².